The van der Waals surface area contributed by atoms with Crippen LogP contribution in [0.4, 0.5) is 4.79 Å². The molecule has 1 aliphatic heterocycles. The van der Waals surface area contributed by atoms with Gasteiger partial charge in [0.1, 0.15) is 51.4 Å². The molecule has 1 aliphatic carbocycles. The van der Waals surface area contributed by atoms with Crippen molar-refractivity contribution in [1.29, 1.82) is 0 Å². The lowest BCUT2D eigenvalue weighted by Gasteiger charge is -2.28. The molecule has 1 saturated carbocycles. The van der Waals surface area contributed by atoms with Gasteiger partial charge in [0.15, 0.2) is 5.78 Å². The Labute approximate surface area is 439 Å². The van der Waals surface area contributed by atoms with Crippen LogP contribution in [0.25, 0.3) is 38.4 Å². The molecule has 9 rings (SSSR count). The Kier molecular flexibility index (Phi) is 18.6. The zero-order valence-electron chi connectivity index (χ0n) is 42.9. The third-order valence-electron chi connectivity index (χ3n) is 12.1. The Morgan fingerprint density at radius 1 is 0.800 bits per heavy atom. The average Bonchev–Trinajstić information content (AvgIpc) is 3.96. The third kappa shape index (κ3) is 14.6. The van der Waals surface area contributed by atoms with E-state index < -0.39 is 41.3 Å². The van der Waals surface area contributed by atoms with Crippen LogP contribution in [0.15, 0.2) is 139 Å². The highest BCUT2D eigenvalue weighted by Gasteiger charge is 2.58. The first kappa shape index (κ1) is 55.9. The van der Waals surface area contributed by atoms with E-state index in [-0.39, 0.29) is 30.2 Å². The van der Waals surface area contributed by atoms with Gasteiger partial charge in [-0.3, -0.25) is 19.3 Å². The molecule has 4 atom stereocenters. The lowest BCUT2D eigenvalue weighted by molar-refractivity contribution is -0.131. The van der Waals surface area contributed by atoms with Crippen LogP contribution in [0.5, 0.6) is 28.9 Å². The van der Waals surface area contributed by atoms with Gasteiger partial charge in [0.05, 0.1) is 35.0 Å². The van der Waals surface area contributed by atoms with E-state index >= 15 is 0 Å². The van der Waals surface area contributed by atoms with E-state index in [9.17, 15) is 24.0 Å². The molecule has 18 heteroatoms. The predicted molar refractivity (Wildman–Crippen MR) is 288 cm³/mol. The van der Waals surface area contributed by atoms with Gasteiger partial charge in [-0.05, 0) is 147 Å². The highest BCUT2D eigenvalue weighted by molar-refractivity contribution is 6.34. The Morgan fingerprint density at radius 3 is 1.95 bits per heavy atom. The highest BCUT2D eigenvalue weighted by Crippen LogP contribution is 2.45. The number of Topliss-reactive ketones (excluding diaryl/α,β-unsaturated/α-hetero) is 1. The zero-order chi connectivity index (χ0) is 54.5. The van der Waals surface area contributed by atoms with E-state index in [1.807, 2.05) is 66.7 Å². The number of likely N-dealkylation sites (tertiary alicyclic amines) is 1. The SMILES string of the molecule is C=C[C@@H]1C[C@]1(NC(=O)[C@@H]1C[C@@H](Oc2nccc3cc(OC)ccc23)CN1C(=O)OC(C)(C)C)C(C)=O.COc1ccc2c(=O)[nH]ccc2c1.COc1ccc2c(Cl)nccc2c1.COc1cccc(/C=C/C(=O)O)c1. The van der Waals surface area contributed by atoms with Gasteiger partial charge in [-0.2, -0.15) is 0 Å². The molecular formula is C57H60ClN5O12. The standard InChI is InChI=1S/C27H33N3O6.C10H8ClNO.C10H9NO2.C10H10O3/c1-7-18-14-27(18,16(2)31)29-23(32)22-13-20(15-30(22)25(33)36-26(3,4)5)35-24-21-9-8-19(34-6)12-17(21)10-11-28-24;1-13-8-2-3-9-7(6-8)4-5-12-10(9)11;1-13-8-2-3-9-7(6-8)4-5-11-10(9)12;1-13-9-4-2-3-8(7-9)5-6-10(11)12/h7-12,18,20,22H,1,13-15H2,2-6H3,(H,29,32);2-6H,1H3;2-6H,1H3,(H,11,12);2-7H,1H3,(H,11,12)/b;;;6-5+/t18-,20-,22+,27+;;;/m1.../s1. The number of aromatic nitrogens is 3. The molecule has 1 saturated heterocycles. The number of fused-ring (bicyclic) bond motifs is 3. The quantitative estimate of drug-likeness (QED) is 0.0590. The van der Waals surface area contributed by atoms with Gasteiger partial charge in [0.2, 0.25) is 11.8 Å². The molecule has 17 nitrogen and oxygen atoms in total. The van der Waals surface area contributed by atoms with Gasteiger partial charge in [-0.1, -0.05) is 29.8 Å². The lowest BCUT2D eigenvalue weighted by atomic mass is 10.1. The number of hydrogen-bond donors (Lipinski definition) is 3. The Hall–Kier alpha value is -8.44. The summed E-state index contributed by atoms with van der Waals surface area (Å²) in [5, 5.41) is 17.0. The predicted octanol–water partition coefficient (Wildman–Crippen LogP) is 9.88. The molecule has 3 N–H and O–H groups in total. The van der Waals surface area contributed by atoms with E-state index in [2.05, 4.69) is 26.8 Å². The zero-order valence-corrected chi connectivity index (χ0v) is 43.7. The van der Waals surface area contributed by atoms with Crippen molar-refractivity contribution in [2.24, 2.45) is 5.92 Å². The molecule has 7 aromatic rings. The van der Waals surface area contributed by atoms with E-state index in [1.54, 1.807) is 104 Å². The molecule has 75 heavy (non-hydrogen) atoms. The number of carbonyl (C=O) groups excluding carboxylic acids is 3. The second-order valence-electron chi connectivity index (χ2n) is 18.3. The monoisotopic (exact) mass is 1040 g/mol. The normalized spacial score (nSPS) is 17.5. The molecule has 392 valence electrons. The number of carboxylic acids is 1. The molecule has 4 aromatic carbocycles. The van der Waals surface area contributed by atoms with Crippen molar-refractivity contribution in [1.82, 2.24) is 25.2 Å². The summed E-state index contributed by atoms with van der Waals surface area (Å²) in [6.07, 6.45) is 8.85. The number of hydrogen-bond acceptors (Lipinski definition) is 13. The number of methoxy groups -OCH3 is 4. The number of amides is 2. The van der Waals surface area contributed by atoms with Crippen molar-refractivity contribution in [3.05, 3.63) is 155 Å². The van der Waals surface area contributed by atoms with Crippen molar-refractivity contribution in [2.75, 3.05) is 35.0 Å². The molecule has 0 radical (unpaired) electrons. The Balaban J connectivity index is 0.000000190. The first-order valence-corrected chi connectivity index (χ1v) is 24.0. The molecule has 3 aromatic heterocycles. The topological polar surface area (TPSA) is 218 Å². The largest absolute Gasteiger partial charge is 0.497 e. The second kappa shape index (κ2) is 25.0. The fraction of sp³-hybridized carbons (Fsp3) is 0.281. The molecular weight excluding hydrogens is 982 g/mol. The summed E-state index contributed by atoms with van der Waals surface area (Å²) in [5.41, 5.74) is -0.965. The number of ketones is 1. The van der Waals surface area contributed by atoms with Crippen LogP contribution >= 0.6 is 11.6 Å². The number of H-pyrrole nitrogens is 1. The first-order chi connectivity index (χ1) is 35.8. The van der Waals surface area contributed by atoms with Crippen molar-refractivity contribution in [3.8, 4) is 28.9 Å². The maximum atomic E-state index is 13.4. The minimum Gasteiger partial charge on any atom is -0.497 e. The van der Waals surface area contributed by atoms with Crippen LogP contribution in [0.2, 0.25) is 5.15 Å². The Morgan fingerprint density at radius 2 is 1.37 bits per heavy atom. The van der Waals surface area contributed by atoms with Gasteiger partial charge in [0, 0.05) is 53.2 Å². The summed E-state index contributed by atoms with van der Waals surface area (Å²) in [4.78, 5) is 72.6. The smallest absolute Gasteiger partial charge is 0.411 e. The summed E-state index contributed by atoms with van der Waals surface area (Å²) in [5.74, 6) is 1.79. The van der Waals surface area contributed by atoms with Crippen LogP contribution in [0, 0.1) is 5.92 Å². The van der Waals surface area contributed by atoms with Crippen molar-refractivity contribution < 1.29 is 52.7 Å². The van der Waals surface area contributed by atoms with Crippen LogP contribution in [0.1, 0.15) is 46.1 Å². The molecule has 0 bridgehead atoms. The number of aromatic amines is 1. The van der Waals surface area contributed by atoms with Crippen LogP contribution in [-0.4, -0.2) is 107 Å². The van der Waals surface area contributed by atoms with Crippen molar-refractivity contribution >= 4 is 73.7 Å². The maximum absolute atomic E-state index is 13.4. The molecule has 0 spiro atoms. The second-order valence-corrected chi connectivity index (χ2v) is 18.6. The van der Waals surface area contributed by atoms with Gasteiger partial charge in [-0.25, -0.2) is 19.6 Å². The van der Waals surface area contributed by atoms with Crippen LogP contribution in [0.3, 0.4) is 0 Å². The number of pyridine rings is 3. The van der Waals surface area contributed by atoms with Crippen LogP contribution < -0.4 is 34.6 Å². The maximum Gasteiger partial charge on any atom is 0.411 e. The average molecular weight is 1040 g/mol. The fourth-order valence-corrected chi connectivity index (χ4v) is 8.36. The summed E-state index contributed by atoms with van der Waals surface area (Å²) in [7, 11) is 6.42. The molecule has 4 heterocycles. The number of carbonyl (C=O) groups is 4. The van der Waals surface area contributed by atoms with Gasteiger partial charge in [-0.15, -0.1) is 6.58 Å². The Bertz CT molecular complexity index is 3280. The van der Waals surface area contributed by atoms with Gasteiger partial charge < -0.3 is 43.8 Å². The van der Waals surface area contributed by atoms with E-state index in [1.165, 1.54) is 17.9 Å². The van der Waals surface area contributed by atoms with Gasteiger partial charge >= 0.3 is 12.1 Å². The minimum absolute atomic E-state index is 0.0693. The molecule has 0 unspecified atom stereocenters. The minimum atomic E-state index is -0.965. The number of benzene rings is 4. The number of nitrogens with one attached hydrogen (secondary N) is 2. The van der Waals surface area contributed by atoms with Crippen molar-refractivity contribution in [3.63, 3.8) is 0 Å². The van der Waals surface area contributed by atoms with Crippen LogP contribution in [-0.2, 0) is 19.1 Å². The lowest BCUT2D eigenvalue weighted by Crippen LogP contribution is -2.53. The highest BCUT2D eigenvalue weighted by atomic mass is 35.5. The molecule has 2 amide bonds. The summed E-state index contributed by atoms with van der Waals surface area (Å²) in [6, 6.07) is 28.6. The number of aliphatic carboxylic acids is 1. The fourth-order valence-electron chi connectivity index (χ4n) is 8.13. The number of nitrogens with zero attached hydrogens (tertiary/aromatic N) is 3. The first-order valence-electron chi connectivity index (χ1n) is 23.6. The number of rotatable bonds is 12. The number of ether oxygens (including phenoxy) is 6. The molecule has 2 fully saturated rings. The molecule has 2 aliphatic rings. The van der Waals surface area contributed by atoms with Gasteiger partial charge in [0.25, 0.3) is 5.56 Å². The van der Waals surface area contributed by atoms with E-state index in [0.717, 1.165) is 50.1 Å². The summed E-state index contributed by atoms with van der Waals surface area (Å²) >= 11 is 5.90. The summed E-state index contributed by atoms with van der Waals surface area (Å²) < 4.78 is 32.2. The summed E-state index contributed by atoms with van der Waals surface area (Å²) in [6.45, 7) is 10.7. The third-order valence-corrected chi connectivity index (χ3v) is 12.4. The van der Waals surface area contributed by atoms with Crippen molar-refractivity contribution in [2.45, 2.75) is 63.8 Å². The number of halogens is 1. The number of carboxylic acid groups (broad SMARTS) is 1. The van der Waals surface area contributed by atoms with E-state index in [4.69, 9.17) is 45.1 Å². The van der Waals surface area contributed by atoms with E-state index in [0.29, 0.717) is 34.3 Å².